The first kappa shape index (κ1) is 17.7. The molecule has 0 aromatic rings. The first-order chi connectivity index (χ1) is 9.04. The van der Waals surface area contributed by atoms with Gasteiger partial charge in [0.1, 0.15) is 18.8 Å². The molecule has 0 aliphatic heterocycles. The number of carbonyl (C=O) groups excluding carboxylic acids is 1. The van der Waals surface area contributed by atoms with Gasteiger partial charge in [0.25, 0.3) is 0 Å². The molecule has 0 saturated heterocycles. The number of terminal acetylenes is 1. The fourth-order valence-corrected chi connectivity index (χ4v) is 1.67. The largest absolute Gasteiger partial charge is 0.463 e. The normalized spacial score (nSPS) is 13.6. The topological polar surface area (TPSA) is 44.8 Å². The Morgan fingerprint density at radius 2 is 2.21 bits per heavy atom. The lowest BCUT2D eigenvalue weighted by Gasteiger charge is -2.26. The van der Waals surface area contributed by atoms with E-state index in [-0.39, 0.29) is 24.8 Å². The lowest BCUT2D eigenvalue weighted by atomic mass is 10.0. The van der Waals surface area contributed by atoms with Crippen LogP contribution in [-0.4, -0.2) is 31.4 Å². The third-order valence-corrected chi connectivity index (χ3v) is 2.38. The Balaban J connectivity index is 4.52. The maximum Gasteiger partial charge on any atom is 0.302 e. The second kappa shape index (κ2) is 10.6. The molecule has 2 unspecified atom stereocenters. The van der Waals surface area contributed by atoms with Crippen molar-refractivity contribution in [3.63, 3.8) is 0 Å². The number of ether oxygens (including phenoxy) is 3. The summed E-state index contributed by atoms with van der Waals surface area (Å²) >= 11 is 0. The van der Waals surface area contributed by atoms with Gasteiger partial charge in [-0.2, -0.15) is 0 Å². The molecule has 0 aliphatic rings. The van der Waals surface area contributed by atoms with E-state index in [4.69, 9.17) is 20.6 Å². The Morgan fingerprint density at radius 3 is 2.68 bits per heavy atom. The monoisotopic (exact) mass is 267 g/mol. The molecule has 0 bridgehead atoms. The van der Waals surface area contributed by atoms with E-state index < -0.39 is 0 Å². The third-order valence-electron chi connectivity index (χ3n) is 2.38. The summed E-state index contributed by atoms with van der Waals surface area (Å²) in [6.07, 6.45) is 8.33. The van der Waals surface area contributed by atoms with Crippen molar-refractivity contribution in [2.45, 2.75) is 45.8 Å². The molecule has 4 heteroatoms. The molecule has 4 nitrogen and oxygen atoms in total. The van der Waals surface area contributed by atoms with Crippen molar-refractivity contribution in [1.82, 2.24) is 0 Å². The molecule has 0 aliphatic carbocycles. The number of rotatable bonds is 10. The van der Waals surface area contributed by atoms with Gasteiger partial charge in [-0.3, -0.25) is 4.79 Å². The third kappa shape index (κ3) is 8.41. The second-order valence-electron chi connectivity index (χ2n) is 4.08. The maximum absolute atomic E-state index is 10.9. The van der Waals surface area contributed by atoms with Crippen molar-refractivity contribution in [1.29, 1.82) is 0 Å². The lowest BCUT2D eigenvalue weighted by Crippen LogP contribution is -2.30. The van der Waals surface area contributed by atoms with Gasteiger partial charge >= 0.3 is 5.97 Å². The van der Waals surface area contributed by atoms with E-state index in [0.29, 0.717) is 19.4 Å². The Kier molecular flexibility index (Phi) is 9.87. The molecule has 107 valence electrons. The first-order valence-electron chi connectivity index (χ1n) is 6.36. The molecule has 0 heterocycles. The standard InChI is InChI=1S/C15H23O4/c1-6-9-17-14(8-3)15(18-10-7-2)11-12(4)19-13(5)16/h1,7,12,15H,2,8-11H2,3-5H3. The van der Waals surface area contributed by atoms with Gasteiger partial charge in [-0.05, 0) is 13.3 Å². The second-order valence-corrected chi connectivity index (χ2v) is 4.08. The molecule has 0 fully saturated rings. The summed E-state index contributed by atoms with van der Waals surface area (Å²) in [4.78, 5) is 10.9. The highest BCUT2D eigenvalue weighted by molar-refractivity contribution is 5.66. The average Bonchev–Trinajstić information content (AvgIpc) is 2.35. The van der Waals surface area contributed by atoms with Gasteiger partial charge < -0.3 is 14.2 Å². The minimum absolute atomic E-state index is 0.207. The van der Waals surface area contributed by atoms with E-state index >= 15 is 0 Å². The fraction of sp³-hybridized carbons (Fsp3) is 0.600. The van der Waals surface area contributed by atoms with Gasteiger partial charge in [-0.25, -0.2) is 0 Å². The molecule has 0 saturated carbocycles. The van der Waals surface area contributed by atoms with Gasteiger partial charge in [-0.1, -0.05) is 18.9 Å². The summed E-state index contributed by atoms with van der Waals surface area (Å²) in [5.41, 5.74) is 0. The molecule has 0 aromatic heterocycles. The van der Waals surface area contributed by atoms with Gasteiger partial charge in [-0.15, -0.1) is 13.0 Å². The molecule has 19 heavy (non-hydrogen) atoms. The SMILES string of the molecule is C#CCO[C](CC)C(CC(C)OC(C)=O)OCC=C. The van der Waals surface area contributed by atoms with Crippen molar-refractivity contribution >= 4 is 5.97 Å². The Morgan fingerprint density at radius 1 is 1.53 bits per heavy atom. The van der Waals surface area contributed by atoms with Crippen LogP contribution in [0.1, 0.15) is 33.6 Å². The minimum Gasteiger partial charge on any atom is -0.463 e. The van der Waals surface area contributed by atoms with Crippen molar-refractivity contribution in [2.75, 3.05) is 13.2 Å². The number of hydrogen-bond acceptors (Lipinski definition) is 4. The highest BCUT2D eigenvalue weighted by atomic mass is 16.6. The summed E-state index contributed by atoms with van der Waals surface area (Å²) in [7, 11) is 0. The average molecular weight is 267 g/mol. The van der Waals surface area contributed by atoms with Gasteiger partial charge in [0.2, 0.25) is 0 Å². The number of carbonyl (C=O) groups is 1. The van der Waals surface area contributed by atoms with Crippen LogP contribution in [0.2, 0.25) is 0 Å². The van der Waals surface area contributed by atoms with Crippen LogP contribution >= 0.6 is 0 Å². The van der Waals surface area contributed by atoms with Crippen molar-refractivity contribution in [3.05, 3.63) is 18.8 Å². The van der Waals surface area contributed by atoms with Gasteiger partial charge in [0.15, 0.2) is 0 Å². The Bertz CT molecular complexity index is 306. The summed E-state index contributed by atoms with van der Waals surface area (Å²) in [6.45, 7) is 9.39. The van der Waals surface area contributed by atoms with E-state index in [9.17, 15) is 4.79 Å². The predicted octanol–water partition coefficient (Wildman–Crippen LogP) is 2.49. The van der Waals surface area contributed by atoms with Gasteiger partial charge in [0.05, 0.1) is 12.7 Å². The molecular formula is C15H23O4. The molecule has 0 aromatic carbocycles. The van der Waals surface area contributed by atoms with Crippen molar-refractivity contribution < 1.29 is 19.0 Å². The minimum atomic E-state index is -0.308. The smallest absolute Gasteiger partial charge is 0.302 e. The van der Waals surface area contributed by atoms with Crippen LogP contribution in [0, 0.1) is 18.4 Å². The highest BCUT2D eigenvalue weighted by Crippen LogP contribution is 2.22. The van der Waals surface area contributed by atoms with Crippen LogP contribution in [0.4, 0.5) is 0 Å². The van der Waals surface area contributed by atoms with E-state index in [0.717, 1.165) is 6.10 Å². The van der Waals surface area contributed by atoms with Crippen LogP contribution < -0.4 is 0 Å². The Labute approximate surface area is 116 Å². The van der Waals surface area contributed by atoms with Crippen LogP contribution in [-0.2, 0) is 19.0 Å². The number of esters is 1. The summed E-state index contributed by atoms with van der Waals surface area (Å²) in [6, 6.07) is 0. The zero-order valence-electron chi connectivity index (χ0n) is 12.0. The first-order valence-corrected chi connectivity index (χ1v) is 6.36. The van der Waals surface area contributed by atoms with Gasteiger partial charge in [0, 0.05) is 13.3 Å². The molecule has 0 spiro atoms. The Hall–Kier alpha value is -1.31. The lowest BCUT2D eigenvalue weighted by molar-refractivity contribution is -0.147. The molecule has 0 amide bonds. The van der Waals surface area contributed by atoms with Crippen LogP contribution in [0.15, 0.2) is 12.7 Å². The molecule has 0 N–H and O–H groups in total. The molecule has 0 rings (SSSR count). The predicted molar refractivity (Wildman–Crippen MR) is 74.1 cm³/mol. The van der Waals surface area contributed by atoms with Crippen LogP contribution in [0.3, 0.4) is 0 Å². The van der Waals surface area contributed by atoms with Crippen molar-refractivity contribution in [3.8, 4) is 12.3 Å². The van der Waals surface area contributed by atoms with E-state index in [1.54, 1.807) is 6.08 Å². The molecule has 1 radical (unpaired) electrons. The summed E-state index contributed by atoms with van der Waals surface area (Å²) in [5, 5.41) is 0. The van der Waals surface area contributed by atoms with Crippen molar-refractivity contribution in [2.24, 2.45) is 0 Å². The van der Waals surface area contributed by atoms with E-state index in [1.807, 2.05) is 13.8 Å². The van der Waals surface area contributed by atoms with E-state index in [1.165, 1.54) is 6.92 Å². The summed E-state index contributed by atoms with van der Waals surface area (Å²) < 4.78 is 16.2. The zero-order valence-corrected chi connectivity index (χ0v) is 12.0. The summed E-state index contributed by atoms with van der Waals surface area (Å²) in [5.74, 6) is 2.12. The quantitative estimate of drug-likeness (QED) is 0.346. The number of hydrogen-bond donors (Lipinski definition) is 0. The van der Waals surface area contributed by atoms with Crippen LogP contribution in [0.25, 0.3) is 0 Å². The molecular weight excluding hydrogens is 244 g/mol. The zero-order chi connectivity index (χ0) is 14.7. The van der Waals surface area contributed by atoms with E-state index in [2.05, 4.69) is 12.5 Å². The fourth-order valence-electron chi connectivity index (χ4n) is 1.67. The maximum atomic E-state index is 10.9. The highest BCUT2D eigenvalue weighted by Gasteiger charge is 2.25. The van der Waals surface area contributed by atoms with Crippen LogP contribution in [0.5, 0.6) is 0 Å². The molecule has 2 atom stereocenters.